The second-order valence-corrected chi connectivity index (χ2v) is 7.89. The number of benzene rings is 2. The Kier molecular flexibility index (Phi) is 8.44. The Morgan fingerprint density at radius 2 is 1.66 bits per heavy atom. The van der Waals surface area contributed by atoms with Gasteiger partial charge in [-0.2, -0.15) is 0 Å². The molecule has 2 aromatic carbocycles. The Morgan fingerprint density at radius 1 is 1.00 bits per heavy atom. The van der Waals surface area contributed by atoms with Gasteiger partial charge in [-0.3, -0.25) is 0 Å². The molecule has 1 saturated carbocycles. The van der Waals surface area contributed by atoms with Gasteiger partial charge < -0.3 is 19.3 Å². The van der Waals surface area contributed by atoms with E-state index in [0.29, 0.717) is 29.6 Å². The second-order valence-electron chi connectivity index (χ2n) is 7.89. The molecule has 1 N–H and O–H groups in total. The molecule has 0 aromatic heterocycles. The fraction of sp³-hybridized carbons (Fsp3) is 0.417. The number of amides is 1. The van der Waals surface area contributed by atoms with Crippen molar-refractivity contribution < 1.29 is 33.3 Å². The normalized spacial score (nSPS) is 18.1. The van der Waals surface area contributed by atoms with Crippen LogP contribution < -0.4 is 9.64 Å². The van der Waals surface area contributed by atoms with Crippen molar-refractivity contribution in [3.05, 3.63) is 54.3 Å². The summed E-state index contributed by atoms with van der Waals surface area (Å²) in [5.41, 5.74) is 0.917. The Hall–Kier alpha value is -3.13. The van der Waals surface area contributed by atoms with E-state index in [0.717, 1.165) is 25.7 Å². The summed E-state index contributed by atoms with van der Waals surface area (Å²) in [5, 5.41) is 8.65. The molecular formula is C24H28FNO6. The van der Waals surface area contributed by atoms with Gasteiger partial charge in [0, 0.05) is 0 Å². The zero-order valence-electron chi connectivity index (χ0n) is 18.0. The molecule has 3 rings (SSSR count). The molecule has 0 heterocycles. The number of rotatable bonds is 9. The van der Waals surface area contributed by atoms with Gasteiger partial charge in [0.2, 0.25) is 0 Å². The highest BCUT2D eigenvalue weighted by molar-refractivity contribution is 5.96. The maximum Gasteiger partial charge on any atom is 0.418 e. The molecule has 0 unspecified atom stereocenters. The molecule has 1 fully saturated rings. The van der Waals surface area contributed by atoms with Gasteiger partial charge in [-0.1, -0.05) is 6.07 Å². The number of hydrogen-bond acceptors (Lipinski definition) is 5. The summed E-state index contributed by atoms with van der Waals surface area (Å²) in [6, 6.07) is 12.7. The van der Waals surface area contributed by atoms with Crippen LogP contribution in [0.2, 0.25) is 0 Å². The summed E-state index contributed by atoms with van der Waals surface area (Å²) >= 11 is 0. The maximum absolute atomic E-state index is 13.8. The van der Waals surface area contributed by atoms with Crippen molar-refractivity contribution in [1.29, 1.82) is 0 Å². The average Bonchev–Trinajstić information content (AvgIpc) is 2.79. The molecule has 32 heavy (non-hydrogen) atoms. The van der Waals surface area contributed by atoms with Crippen LogP contribution in [0.1, 0.15) is 25.7 Å². The standard InChI is InChI=1S/C24H28FNO6/c1-30-22-11-9-20(10-12-22)26(21-4-2-3-19(25)13-21)24(29)32-15-18-7-5-17(6-8-18)14-31-16-23(27)28/h2-4,9-13,17-18H,5-8,14-16H2,1H3,(H,27,28). The lowest BCUT2D eigenvalue weighted by atomic mass is 9.83. The molecule has 0 saturated heterocycles. The molecule has 0 spiro atoms. The van der Waals surface area contributed by atoms with Crippen LogP contribution in [0.5, 0.6) is 5.75 Å². The van der Waals surface area contributed by atoms with Crippen molar-refractivity contribution in [1.82, 2.24) is 0 Å². The predicted octanol–water partition coefficient (Wildman–Crippen LogP) is 5.02. The maximum atomic E-state index is 13.8. The van der Waals surface area contributed by atoms with Crippen LogP contribution in [0.25, 0.3) is 0 Å². The number of carbonyl (C=O) groups is 2. The summed E-state index contributed by atoms with van der Waals surface area (Å²) in [4.78, 5) is 24.9. The summed E-state index contributed by atoms with van der Waals surface area (Å²) in [7, 11) is 1.56. The van der Waals surface area contributed by atoms with E-state index in [2.05, 4.69) is 0 Å². The number of carboxylic acids is 1. The van der Waals surface area contributed by atoms with Crippen LogP contribution in [0, 0.1) is 17.7 Å². The Labute approximate surface area is 186 Å². The van der Waals surface area contributed by atoms with Gasteiger partial charge in [0.25, 0.3) is 0 Å². The third-order valence-electron chi connectivity index (χ3n) is 5.57. The first-order valence-electron chi connectivity index (χ1n) is 10.6. The van der Waals surface area contributed by atoms with Gasteiger partial charge in [-0.25, -0.2) is 18.9 Å². The van der Waals surface area contributed by atoms with Crippen LogP contribution in [-0.4, -0.2) is 44.1 Å². The minimum Gasteiger partial charge on any atom is -0.497 e. The highest BCUT2D eigenvalue weighted by Gasteiger charge is 2.25. The third-order valence-corrected chi connectivity index (χ3v) is 5.57. The van der Waals surface area contributed by atoms with E-state index in [9.17, 15) is 14.0 Å². The van der Waals surface area contributed by atoms with Crippen molar-refractivity contribution >= 4 is 23.4 Å². The van der Waals surface area contributed by atoms with Gasteiger partial charge in [-0.05, 0) is 80.0 Å². The fourth-order valence-electron chi connectivity index (χ4n) is 3.84. The molecule has 0 radical (unpaired) electrons. The Balaban J connectivity index is 1.59. The first kappa shape index (κ1) is 23.5. The van der Waals surface area contributed by atoms with Crippen molar-refractivity contribution in [2.75, 3.05) is 31.8 Å². The summed E-state index contributed by atoms with van der Waals surface area (Å²) in [6.45, 7) is 0.423. The number of nitrogens with zero attached hydrogens (tertiary/aromatic N) is 1. The number of methoxy groups -OCH3 is 1. The fourth-order valence-corrected chi connectivity index (χ4v) is 3.84. The first-order chi connectivity index (χ1) is 15.5. The van der Waals surface area contributed by atoms with Crippen LogP contribution in [0.3, 0.4) is 0 Å². The lowest BCUT2D eigenvalue weighted by Crippen LogP contribution is -2.30. The lowest BCUT2D eigenvalue weighted by Gasteiger charge is -2.29. The lowest BCUT2D eigenvalue weighted by molar-refractivity contribution is -0.142. The van der Waals surface area contributed by atoms with Gasteiger partial charge in [0.1, 0.15) is 18.2 Å². The topological polar surface area (TPSA) is 85.3 Å². The molecular weight excluding hydrogens is 417 g/mol. The van der Waals surface area contributed by atoms with Crippen LogP contribution in [0.4, 0.5) is 20.6 Å². The molecule has 1 amide bonds. The van der Waals surface area contributed by atoms with Gasteiger partial charge in [-0.15, -0.1) is 0 Å². The van der Waals surface area contributed by atoms with E-state index >= 15 is 0 Å². The number of carboxylic acid groups (broad SMARTS) is 1. The van der Waals surface area contributed by atoms with E-state index in [1.54, 1.807) is 43.5 Å². The Bertz CT molecular complexity index is 896. The van der Waals surface area contributed by atoms with E-state index in [-0.39, 0.29) is 19.1 Å². The van der Waals surface area contributed by atoms with E-state index in [4.69, 9.17) is 19.3 Å². The monoisotopic (exact) mass is 445 g/mol. The smallest absolute Gasteiger partial charge is 0.418 e. The van der Waals surface area contributed by atoms with Gasteiger partial charge >= 0.3 is 12.1 Å². The molecule has 1 aliphatic carbocycles. The zero-order valence-corrected chi connectivity index (χ0v) is 18.0. The molecule has 172 valence electrons. The molecule has 7 nitrogen and oxygen atoms in total. The average molecular weight is 445 g/mol. The third kappa shape index (κ3) is 6.68. The number of carbonyl (C=O) groups excluding carboxylic acids is 1. The van der Waals surface area contributed by atoms with Crippen LogP contribution in [-0.2, 0) is 14.3 Å². The van der Waals surface area contributed by atoms with Gasteiger partial charge in [0.05, 0.1) is 31.7 Å². The molecule has 1 aliphatic rings. The minimum absolute atomic E-state index is 0.222. The quantitative estimate of drug-likeness (QED) is 0.584. The van der Waals surface area contributed by atoms with Crippen molar-refractivity contribution in [2.45, 2.75) is 25.7 Å². The molecule has 2 aromatic rings. The molecule has 0 atom stereocenters. The van der Waals surface area contributed by atoms with Crippen molar-refractivity contribution in [3.63, 3.8) is 0 Å². The summed E-state index contributed by atoms with van der Waals surface area (Å²) in [5.74, 6) is -0.225. The molecule has 8 heteroatoms. The summed E-state index contributed by atoms with van der Waals surface area (Å²) < 4.78 is 29.8. The summed E-state index contributed by atoms with van der Waals surface area (Å²) in [6.07, 6.45) is 2.96. The minimum atomic E-state index is -0.967. The van der Waals surface area contributed by atoms with Crippen LogP contribution in [0.15, 0.2) is 48.5 Å². The van der Waals surface area contributed by atoms with Gasteiger partial charge in [0.15, 0.2) is 0 Å². The first-order valence-corrected chi connectivity index (χ1v) is 10.6. The largest absolute Gasteiger partial charge is 0.497 e. The van der Waals surface area contributed by atoms with E-state index in [1.165, 1.54) is 17.0 Å². The highest BCUT2D eigenvalue weighted by atomic mass is 19.1. The van der Waals surface area contributed by atoms with E-state index in [1.807, 2.05) is 0 Å². The van der Waals surface area contributed by atoms with Crippen molar-refractivity contribution in [3.8, 4) is 5.75 Å². The van der Waals surface area contributed by atoms with Crippen molar-refractivity contribution in [2.24, 2.45) is 11.8 Å². The molecule has 0 bridgehead atoms. The Morgan fingerprint density at radius 3 is 2.25 bits per heavy atom. The SMILES string of the molecule is COc1ccc(N(C(=O)OCC2CCC(COCC(=O)O)CC2)c2cccc(F)c2)cc1. The van der Waals surface area contributed by atoms with E-state index < -0.39 is 17.9 Å². The number of ether oxygens (including phenoxy) is 3. The number of aliphatic carboxylic acids is 1. The predicted molar refractivity (Wildman–Crippen MR) is 117 cm³/mol. The number of anilines is 2. The zero-order chi connectivity index (χ0) is 22.9. The highest BCUT2D eigenvalue weighted by Crippen LogP contribution is 2.31. The number of halogens is 1. The molecule has 0 aliphatic heterocycles. The van der Waals surface area contributed by atoms with Crippen LogP contribution >= 0.6 is 0 Å². The number of hydrogen-bond donors (Lipinski definition) is 1. The second kappa shape index (κ2) is 11.5.